The maximum absolute atomic E-state index is 12.0. The van der Waals surface area contributed by atoms with E-state index in [4.69, 9.17) is 0 Å². The molecule has 0 radical (unpaired) electrons. The van der Waals surface area contributed by atoms with Gasteiger partial charge in [-0.05, 0) is 46.1 Å². The SMILES string of the molecule is CCNC(CS(=O)C(C)(C)C)C1CC1. The van der Waals surface area contributed by atoms with E-state index in [1.807, 2.05) is 0 Å². The molecule has 2 nitrogen and oxygen atoms in total. The highest BCUT2D eigenvalue weighted by molar-refractivity contribution is 7.86. The molecule has 2 unspecified atom stereocenters. The third kappa shape index (κ3) is 3.70. The molecule has 2 atom stereocenters. The second-order valence-corrected chi connectivity index (χ2v) is 7.38. The van der Waals surface area contributed by atoms with Crippen molar-refractivity contribution in [3.05, 3.63) is 0 Å². The molecule has 0 amide bonds. The fraction of sp³-hybridized carbons (Fsp3) is 1.00. The summed E-state index contributed by atoms with van der Waals surface area (Å²) >= 11 is 0. The third-order valence-corrected chi connectivity index (χ3v) is 4.70. The van der Waals surface area contributed by atoms with Crippen molar-refractivity contribution >= 4 is 10.8 Å². The smallest absolute Gasteiger partial charge is 0.0396 e. The van der Waals surface area contributed by atoms with Gasteiger partial charge >= 0.3 is 0 Å². The van der Waals surface area contributed by atoms with Gasteiger partial charge in [0.15, 0.2) is 0 Å². The van der Waals surface area contributed by atoms with Gasteiger partial charge < -0.3 is 5.32 Å². The molecule has 0 bridgehead atoms. The Balaban J connectivity index is 2.42. The van der Waals surface area contributed by atoms with Crippen molar-refractivity contribution in [1.82, 2.24) is 5.32 Å². The Morgan fingerprint density at radius 3 is 2.36 bits per heavy atom. The summed E-state index contributed by atoms with van der Waals surface area (Å²) in [4.78, 5) is 0. The van der Waals surface area contributed by atoms with Gasteiger partial charge in [-0.2, -0.15) is 0 Å². The van der Waals surface area contributed by atoms with Gasteiger partial charge in [0.05, 0.1) is 0 Å². The van der Waals surface area contributed by atoms with E-state index in [0.29, 0.717) is 6.04 Å². The standard InChI is InChI=1S/C11H23NOS/c1-5-12-10(9-6-7-9)8-14(13)11(2,3)4/h9-10,12H,5-8H2,1-4H3. The zero-order valence-electron chi connectivity index (χ0n) is 9.80. The third-order valence-electron chi connectivity index (χ3n) is 2.67. The van der Waals surface area contributed by atoms with E-state index in [-0.39, 0.29) is 4.75 Å². The molecule has 0 saturated heterocycles. The largest absolute Gasteiger partial charge is 0.313 e. The summed E-state index contributed by atoms with van der Waals surface area (Å²) in [6.07, 6.45) is 2.64. The van der Waals surface area contributed by atoms with Crippen LogP contribution in [0.25, 0.3) is 0 Å². The molecule has 1 N–H and O–H groups in total. The lowest BCUT2D eigenvalue weighted by Crippen LogP contribution is -2.39. The Morgan fingerprint density at radius 1 is 1.43 bits per heavy atom. The first-order valence-corrected chi connectivity index (χ1v) is 6.89. The second kappa shape index (κ2) is 4.75. The molecule has 1 saturated carbocycles. The minimum atomic E-state index is -0.712. The summed E-state index contributed by atoms with van der Waals surface area (Å²) in [5.74, 6) is 1.61. The maximum Gasteiger partial charge on any atom is 0.0396 e. The van der Waals surface area contributed by atoms with Crippen LogP contribution in [0.15, 0.2) is 0 Å². The quantitative estimate of drug-likeness (QED) is 0.762. The van der Waals surface area contributed by atoms with Crippen molar-refractivity contribution in [2.45, 2.75) is 51.3 Å². The Kier molecular flexibility index (Phi) is 4.14. The highest BCUT2D eigenvalue weighted by atomic mass is 32.2. The van der Waals surface area contributed by atoms with Crippen molar-refractivity contribution in [3.63, 3.8) is 0 Å². The highest BCUT2D eigenvalue weighted by Gasteiger charge is 2.33. The normalized spacial score (nSPS) is 22.0. The van der Waals surface area contributed by atoms with Crippen LogP contribution in [0.4, 0.5) is 0 Å². The van der Waals surface area contributed by atoms with Crippen molar-refractivity contribution in [2.75, 3.05) is 12.3 Å². The molecular formula is C11H23NOS. The van der Waals surface area contributed by atoms with Crippen LogP contribution in [-0.2, 0) is 10.8 Å². The van der Waals surface area contributed by atoms with Crippen LogP contribution in [0.1, 0.15) is 40.5 Å². The van der Waals surface area contributed by atoms with Gasteiger partial charge in [0.1, 0.15) is 0 Å². The van der Waals surface area contributed by atoms with Crippen LogP contribution in [0.5, 0.6) is 0 Å². The molecule has 84 valence electrons. The average molecular weight is 217 g/mol. The van der Waals surface area contributed by atoms with E-state index >= 15 is 0 Å². The zero-order valence-corrected chi connectivity index (χ0v) is 10.6. The van der Waals surface area contributed by atoms with Gasteiger partial charge in [0.25, 0.3) is 0 Å². The van der Waals surface area contributed by atoms with Crippen LogP contribution in [0.3, 0.4) is 0 Å². The van der Waals surface area contributed by atoms with Crippen molar-refractivity contribution in [2.24, 2.45) is 5.92 Å². The fourth-order valence-electron chi connectivity index (χ4n) is 1.54. The lowest BCUT2D eigenvalue weighted by Gasteiger charge is -2.23. The fourth-order valence-corrected chi connectivity index (χ4v) is 2.75. The molecule has 0 heterocycles. The predicted octanol–water partition coefficient (Wildman–Crippen LogP) is 1.92. The van der Waals surface area contributed by atoms with E-state index < -0.39 is 10.8 Å². The predicted molar refractivity (Wildman–Crippen MR) is 63.0 cm³/mol. The Labute approximate surface area is 90.3 Å². The Bertz CT molecular complexity index is 206. The molecular weight excluding hydrogens is 194 g/mol. The molecule has 1 aliphatic rings. The summed E-state index contributed by atoms with van der Waals surface area (Å²) in [5, 5.41) is 3.45. The molecule has 1 fully saturated rings. The summed E-state index contributed by atoms with van der Waals surface area (Å²) in [6, 6.07) is 0.486. The lowest BCUT2D eigenvalue weighted by molar-refractivity contribution is 0.510. The molecule has 1 rings (SSSR count). The van der Waals surface area contributed by atoms with Gasteiger partial charge in [-0.15, -0.1) is 0 Å². The van der Waals surface area contributed by atoms with Crippen LogP contribution >= 0.6 is 0 Å². The lowest BCUT2D eigenvalue weighted by atomic mass is 10.2. The average Bonchev–Trinajstić information content (AvgIpc) is 2.83. The highest BCUT2D eigenvalue weighted by Crippen LogP contribution is 2.33. The minimum absolute atomic E-state index is 0.0669. The van der Waals surface area contributed by atoms with E-state index in [0.717, 1.165) is 18.2 Å². The van der Waals surface area contributed by atoms with Gasteiger partial charge in [0.2, 0.25) is 0 Å². The molecule has 0 aromatic carbocycles. The summed E-state index contributed by atoms with van der Waals surface area (Å²) in [5.41, 5.74) is 0. The van der Waals surface area contributed by atoms with E-state index in [1.165, 1.54) is 12.8 Å². The van der Waals surface area contributed by atoms with Gasteiger partial charge in [-0.3, -0.25) is 4.21 Å². The summed E-state index contributed by atoms with van der Waals surface area (Å²) in [7, 11) is -0.712. The second-order valence-electron chi connectivity index (χ2n) is 5.13. The first-order chi connectivity index (χ1) is 6.45. The van der Waals surface area contributed by atoms with Crippen LogP contribution in [0.2, 0.25) is 0 Å². The number of rotatable bonds is 5. The summed E-state index contributed by atoms with van der Waals surface area (Å²) in [6.45, 7) is 9.27. The number of hydrogen-bond donors (Lipinski definition) is 1. The number of nitrogens with one attached hydrogen (secondary N) is 1. The Morgan fingerprint density at radius 2 is 2.00 bits per heavy atom. The van der Waals surface area contributed by atoms with Gasteiger partial charge in [0, 0.05) is 27.3 Å². The molecule has 0 aromatic heterocycles. The molecule has 0 spiro atoms. The van der Waals surface area contributed by atoms with E-state index in [1.54, 1.807) is 0 Å². The van der Waals surface area contributed by atoms with E-state index in [9.17, 15) is 4.21 Å². The van der Waals surface area contributed by atoms with Crippen molar-refractivity contribution in [3.8, 4) is 0 Å². The maximum atomic E-state index is 12.0. The topological polar surface area (TPSA) is 29.1 Å². The van der Waals surface area contributed by atoms with E-state index in [2.05, 4.69) is 33.0 Å². The van der Waals surface area contributed by atoms with Crippen LogP contribution in [-0.4, -0.2) is 27.3 Å². The van der Waals surface area contributed by atoms with Gasteiger partial charge in [-0.25, -0.2) is 0 Å². The van der Waals surface area contributed by atoms with Gasteiger partial charge in [-0.1, -0.05) is 6.92 Å². The Hall–Kier alpha value is 0.110. The summed E-state index contributed by atoms with van der Waals surface area (Å²) < 4.78 is 11.9. The molecule has 0 aliphatic heterocycles. The molecule has 1 aliphatic carbocycles. The monoisotopic (exact) mass is 217 g/mol. The minimum Gasteiger partial charge on any atom is -0.313 e. The first kappa shape index (κ1) is 12.2. The molecule has 0 aromatic rings. The van der Waals surface area contributed by atoms with Crippen LogP contribution < -0.4 is 5.32 Å². The molecule has 3 heteroatoms. The van der Waals surface area contributed by atoms with Crippen molar-refractivity contribution in [1.29, 1.82) is 0 Å². The van der Waals surface area contributed by atoms with Crippen LogP contribution in [0, 0.1) is 5.92 Å². The van der Waals surface area contributed by atoms with Crippen molar-refractivity contribution < 1.29 is 4.21 Å². The molecule has 14 heavy (non-hydrogen) atoms. The number of hydrogen-bond acceptors (Lipinski definition) is 2. The zero-order chi connectivity index (χ0) is 10.8. The first-order valence-electron chi connectivity index (χ1n) is 5.57.